The molecule has 18 heavy (non-hydrogen) atoms. The molecule has 0 heterocycles. The Morgan fingerprint density at radius 3 is 2.39 bits per heavy atom. The molecule has 0 aliphatic rings. The Balaban J connectivity index is 4.61. The summed E-state index contributed by atoms with van der Waals surface area (Å²) in [5.41, 5.74) is 2.33. The van der Waals surface area contributed by atoms with Crippen LogP contribution in [0.25, 0.3) is 0 Å². The van der Waals surface area contributed by atoms with Crippen molar-refractivity contribution >= 4 is 11.4 Å². The van der Waals surface area contributed by atoms with Gasteiger partial charge in [0.25, 0.3) is 6.43 Å². The van der Waals surface area contributed by atoms with Crippen molar-refractivity contribution in [2.24, 2.45) is 9.98 Å². The van der Waals surface area contributed by atoms with E-state index in [9.17, 15) is 8.78 Å². The average Bonchev–Trinajstić information content (AvgIpc) is 2.32. The molecular weight excluding hydrogens is 234 g/mol. The van der Waals surface area contributed by atoms with Gasteiger partial charge in [-0.15, -0.1) is 0 Å². The van der Waals surface area contributed by atoms with E-state index < -0.39 is 6.43 Å². The minimum Gasteiger partial charge on any atom is -0.291 e. The number of nitrogens with zero attached hydrogens (tertiary/aromatic N) is 2. The predicted octanol–water partition coefficient (Wildman–Crippen LogP) is 4.43. The van der Waals surface area contributed by atoms with Gasteiger partial charge in [0.2, 0.25) is 0 Å². The van der Waals surface area contributed by atoms with Crippen LogP contribution in [0.15, 0.2) is 33.9 Å². The van der Waals surface area contributed by atoms with Crippen LogP contribution in [0.4, 0.5) is 8.78 Å². The summed E-state index contributed by atoms with van der Waals surface area (Å²) in [6.07, 6.45) is 1.24. The van der Waals surface area contributed by atoms with Crippen molar-refractivity contribution in [3.8, 4) is 0 Å². The number of aliphatic imine (C=N–C) groups is 2. The second kappa shape index (κ2) is 8.72. The quantitative estimate of drug-likeness (QED) is 0.475. The molecule has 0 aromatic rings. The summed E-state index contributed by atoms with van der Waals surface area (Å²) in [5.74, 6) is 0. The Kier molecular flexibility index (Phi) is 8.08. The molecule has 0 aromatic carbocycles. The molecule has 0 N–H and O–H groups in total. The molecule has 0 saturated heterocycles. The first-order chi connectivity index (χ1) is 8.42. The minimum absolute atomic E-state index is 0.0961. The van der Waals surface area contributed by atoms with Crippen molar-refractivity contribution in [3.05, 3.63) is 23.9 Å². The molecule has 0 aliphatic carbocycles. The lowest BCUT2D eigenvalue weighted by Gasteiger charge is -2.07. The largest absolute Gasteiger partial charge is 0.291 e. The molecule has 0 saturated carbocycles. The van der Waals surface area contributed by atoms with Crippen LogP contribution < -0.4 is 0 Å². The number of halogens is 2. The average molecular weight is 256 g/mol. The number of hydrogen-bond donors (Lipinski definition) is 0. The summed E-state index contributed by atoms with van der Waals surface area (Å²) in [6, 6.07) is 0. The van der Waals surface area contributed by atoms with Gasteiger partial charge in [0.05, 0.1) is 5.71 Å². The van der Waals surface area contributed by atoms with Gasteiger partial charge in [-0.05, 0) is 31.4 Å². The van der Waals surface area contributed by atoms with Crippen molar-refractivity contribution in [1.82, 2.24) is 0 Å². The molecule has 102 valence electrons. The molecule has 4 heteroatoms. The zero-order valence-corrected chi connectivity index (χ0v) is 11.6. The van der Waals surface area contributed by atoms with Gasteiger partial charge in [0, 0.05) is 25.4 Å². The Morgan fingerprint density at radius 1 is 1.33 bits per heavy atom. The first-order valence-corrected chi connectivity index (χ1v) is 6.04. The standard InChI is InChI=1S/C14H22F2N2/c1-6-7-12(4)18-9-11(3)10(2)8-13(17-5)14(15)16/h9,14H,2,6-8H2,1,3-5H3/b11-9+,17-13+,18-12+. The van der Waals surface area contributed by atoms with Crippen LogP contribution in [-0.2, 0) is 0 Å². The molecule has 2 nitrogen and oxygen atoms in total. The van der Waals surface area contributed by atoms with Crippen molar-refractivity contribution in [2.75, 3.05) is 7.05 Å². The Labute approximate surface area is 108 Å². The fourth-order valence-corrected chi connectivity index (χ4v) is 1.34. The van der Waals surface area contributed by atoms with Crippen LogP contribution in [-0.4, -0.2) is 24.9 Å². The van der Waals surface area contributed by atoms with E-state index in [0.29, 0.717) is 5.57 Å². The maximum Gasteiger partial charge on any atom is 0.276 e. The van der Waals surface area contributed by atoms with Gasteiger partial charge in [-0.2, -0.15) is 0 Å². The Morgan fingerprint density at radius 2 is 1.94 bits per heavy atom. The normalized spacial score (nSPS) is 14.3. The number of hydrogen-bond acceptors (Lipinski definition) is 2. The monoisotopic (exact) mass is 256 g/mol. The number of allylic oxidation sites excluding steroid dienone is 2. The van der Waals surface area contributed by atoms with E-state index in [1.54, 1.807) is 6.20 Å². The number of rotatable bonds is 7. The lowest BCUT2D eigenvalue weighted by Crippen LogP contribution is -2.11. The molecular formula is C14H22F2N2. The maximum absolute atomic E-state index is 12.5. The maximum atomic E-state index is 12.5. The van der Waals surface area contributed by atoms with Gasteiger partial charge in [-0.25, -0.2) is 8.78 Å². The van der Waals surface area contributed by atoms with Crippen LogP contribution in [0.2, 0.25) is 0 Å². The highest BCUT2D eigenvalue weighted by molar-refractivity contribution is 5.90. The molecule has 0 aliphatic heterocycles. The second-order valence-corrected chi connectivity index (χ2v) is 4.22. The minimum atomic E-state index is -2.52. The van der Waals surface area contributed by atoms with E-state index >= 15 is 0 Å². The topological polar surface area (TPSA) is 24.7 Å². The second-order valence-electron chi connectivity index (χ2n) is 4.22. The lowest BCUT2D eigenvalue weighted by molar-refractivity contribution is 0.223. The summed E-state index contributed by atoms with van der Waals surface area (Å²) < 4.78 is 25.0. The smallest absolute Gasteiger partial charge is 0.276 e. The van der Waals surface area contributed by atoms with Crippen LogP contribution in [0.3, 0.4) is 0 Å². The first-order valence-electron chi connectivity index (χ1n) is 6.04. The summed E-state index contributed by atoms with van der Waals surface area (Å²) >= 11 is 0. The molecule has 0 radical (unpaired) electrons. The van der Waals surface area contributed by atoms with Crippen LogP contribution in [0.1, 0.15) is 40.0 Å². The molecule has 0 bridgehead atoms. The van der Waals surface area contributed by atoms with E-state index in [2.05, 4.69) is 23.5 Å². The highest BCUT2D eigenvalue weighted by Gasteiger charge is 2.13. The lowest BCUT2D eigenvalue weighted by atomic mass is 10.0. The van der Waals surface area contributed by atoms with Gasteiger partial charge in [0.15, 0.2) is 0 Å². The third kappa shape index (κ3) is 6.42. The molecule has 0 atom stereocenters. The zero-order chi connectivity index (χ0) is 14.1. The van der Waals surface area contributed by atoms with Gasteiger partial charge < -0.3 is 0 Å². The summed E-state index contributed by atoms with van der Waals surface area (Å²) in [5, 5.41) is 0. The predicted molar refractivity (Wildman–Crippen MR) is 74.9 cm³/mol. The fraction of sp³-hybridized carbons (Fsp3) is 0.571. The van der Waals surface area contributed by atoms with E-state index in [0.717, 1.165) is 24.1 Å². The summed E-state index contributed by atoms with van der Waals surface area (Å²) in [6.45, 7) is 9.66. The van der Waals surface area contributed by atoms with Crippen molar-refractivity contribution in [1.29, 1.82) is 0 Å². The van der Waals surface area contributed by atoms with Gasteiger partial charge >= 0.3 is 0 Å². The van der Waals surface area contributed by atoms with Crippen molar-refractivity contribution in [3.63, 3.8) is 0 Å². The third-order valence-corrected chi connectivity index (χ3v) is 2.58. The molecule has 0 aromatic heterocycles. The SMILES string of the molecule is C=C(C/C(=N\C)C(F)F)/C(C)=C/N=C(\C)CCC. The van der Waals surface area contributed by atoms with Crippen LogP contribution >= 0.6 is 0 Å². The highest BCUT2D eigenvalue weighted by Crippen LogP contribution is 2.15. The fourth-order valence-electron chi connectivity index (χ4n) is 1.34. The third-order valence-electron chi connectivity index (χ3n) is 2.58. The summed E-state index contributed by atoms with van der Waals surface area (Å²) in [7, 11) is 1.37. The molecule has 0 fully saturated rings. The molecule has 0 rings (SSSR count). The summed E-state index contributed by atoms with van der Waals surface area (Å²) in [4.78, 5) is 7.86. The number of alkyl halides is 2. The van der Waals surface area contributed by atoms with E-state index in [1.807, 2.05) is 13.8 Å². The molecule has 0 unspecified atom stereocenters. The van der Waals surface area contributed by atoms with Crippen molar-refractivity contribution < 1.29 is 8.78 Å². The van der Waals surface area contributed by atoms with E-state index in [1.165, 1.54) is 7.05 Å². The first kappa shape index (κ1) is 16.7. The van der Waals surface area contributed by atoms with Crippen LogP contribution in [0, 0.1) is 0 Å². The van der Waals surface area contributed by atoms with Crippen molar-refractivity contribution in [2.45, 2.75) is 46.5 Å². The van der Waals surface area contributed by atoms with E-state index in [-0.39, 0.29) is 12.1 Å². The van der Waals surface area contributed by atoms with Gasteiger partial charge in [0.1, 0.15) is 0 Å². The highest BCUT2D eigenvalue weighted by atomic mass is 19.3. The molecule has 0 spiro atoms. The Hall–Kier alpha value is -1.32. The van der Waals surface area contributed by atoms with E-state index in [4.69, 9.17) is 0 Å². The van der Waals surface area contributed by atoms with Crippen LogP contribution in [0.5, 0.6) is 0 Å². The molecule has 0 amide bonds. The van der Waals surface area contributed by atoms with Gasteiger partial charge in [-0.1, -0.05) is 19.9 Å². The van der Waals surface area contributed by atoms with Gasteiger partial charge in [-0.3, -0.25) is 9.98 Å². The zero-order valence-electron chi connectivity index (χ0n) is 11.6. The Bertz CT molecular complexity index is 366.